The van der Waals surface area contributed by atoms with Gasteiger partial charge in [0.05, 0.1) is 22.9 Å². The number of hydrogen-bond acceptors (Lipinski definition) is 4. The number of halogens is 2. The number of amidine groups is 1. The van der Waals surface area contributed by atoms with Crippen LogP contribution in [0.5, 0.6) is 0 Å². The number of fused-ring (bicyclic) bond motifs is 1. The molecule has 4 rings (SSSR count). The number of hydrogen-bond donors (Lipinski definition) is 1. The average molecular weight is 462 g/mol. The Hall–Kier alpha value is -2.65. The quantitative estimate of drug-likeness (QED) is 0.654. The summed E-state index contributed by atoms with van der Waals surface area (Å²) in [5.41, 5.74) is 0.247. The highest BCUT2D eigenvalue weighted by molar-refractivity contribution is 7.89. The van der Waals surface area contributed by atoms with E-state index in [1.54, 1.807) is 18.2 Å². The number of amides is 1. The van der Waals surface area contributed by atoms with Crippen LogP contribution in [0.1, 0.15) is 38.2 Å². The topological polar surface area (TPSA) is 78.8 Å². The van der Waals surface area contributed by atoms with E-state index in [-0.39, 0.29) is 28.7 Å². The Morgan fingerprint density at radius 2 is 1.81 bits per heavy atom. The third-order valence-corrected chi connectivity index (χ3v) is 7.91. The smallest absolute Gasteiger partial charge is 0.243 e. The molecule has 32 heavy (non-hydrogen) atoms. The maximum Gasteiger partial charge on any atom is 0.243 e. The average Bonchev–Trinajstić information content (AvgIpc) is 3.49. The van der Waals surface area contributed by atoms with Gasteiger partial charge in [-0.05, 0) is 36.6 Å². The largest absolute Gasteiger partial charge is 0.313 e. The second kappa shape index (κ2) is 8.71. The molecule has 0 aromatic heterocycles. The summed E-state index contributed by atoms with van der Waals surface area (Å²) in [4.78, 5) is 17.6. The molecule has 4 unspecified atom stereocenters. The van der Waals surface area contributed by atoms with Crippen molar-refractivity contribution in [1.29, 1.82) is 0 Å². The first-order chi connectivity index (χ1) is 15.3. The van der Waals surface area contributed by atoms with Gasteiger partial charge in [-0.3, -0.25) is 9.79 Å². The maximum absolute atomic E-state index is 14.3. The number of aliphatic imine (C=N–C) groups is 1. The number of rotatable bonds is 8. The van der Waals surface area contributed by atoms with Crippen molar-refractivity contribution in [2.75, 3.05) is 6.54 Å². The predicted molar refractivity (Wildman–Crippen MR) is 117 cm³/mol. The van der Waals surface area contributed by atoms with E-state index in [2.05, 4.69) is 10.3 Å². The third kappa shape index (κ3) is 3.95. The highest BCUT2D eigenvalue weighted by atomic mass is 32.2. The van der Waals surface area contributed by atoms with Gasteiger partial charge in [0.15, 0.2) is 0 Å². The Morgan fingerprint density at radius 1 is 1.09 bits per heavy atom. The molecule has 1 N–H and O–H groups in total. The Kier molecular flexibility index (Phi) is 6.13. The molecule has 2 aromatic carbocycles. The molecule has 1 heterocycles. The lowest BCUT2D eigenvalue weighted by atomic mass is 10.1. The fraction of sp³-hybridized carbons (Fsp3) is 0.391. The van der Waals surface area contributed by atoms with Crippen LogP contribution in [0.15, 0.2) is 58.4 Å². The monoisotopic (exact) mass is 461 g/mol. The summed E-state index contributed by atoms with van der Waals surface area (Å²) in [6.07, 6.45) is 0.984. The summed E-state index contributed by atoms with van der Waals surface area (Å²) >= 11 is 0. The van der Waals surface area contributed by atoms with Crippen molar-refractivity contribution in [3.63, 3.8) is 0 Å². The molecule has 0 bridgehead atoms. The van der Waals surface area contributed by atoms with E-state index in [1.807, 2.05) is 13.8 Å². The van der Waals surface area contributed by atoms with Gasteiger partial charge in [0.1, 0.15) is 17.5 Å². The molecular weight excluding hydrogens is 436 g/mol. The van der Waals surface area contributed by atoms with Crippen molar-refractivity contribution in [3.8, 4) is 0 Å². The molecule has 170 valence electrons. The summed E-state index contributed by atoms with van der Waals surface area (Å²) in [5, 5.41) is 2.76. The van der Waals surface area contributed by atoms with Crippen LogP contribution in [0.4, 0.5) is 8.78 Å². The van der Waals surface area contributed by atoms with Crippen LogP contribution >= 0.6 is 0 Å². The molecule has 1 aliphatic carbocycles. The molecular formula is C23H25F2N3O3S. The summed E-state index contributed by atoms with van der Waals surface area (Å²) in [7, 11) is -3.82. The zero-order valence-electron chi connectivity index (χ0n) is 17.8. The first-order valence-electron chi connectivity index (χ1n) is 10.7. The van der Waals surface area contributed by atoms with Gasteiger partial charge in [-0.15, -0.1) is 0 Å². The number of carbonyl (C=O) groups is 1. The first-order valence-corrected chi connectivity index (χ1v) is 12.1. The second-order valence-electron chi connectivity index (χ2n) is 8.06. The maximum atomic E-state index is 14.3. The molecule has 1 saturated carbocycles. The van der Waals surface area contributed by atoms with Gasteiger partial charge in [-0.2, -0.15) is 4.31 Å². The highest BCUT2D eigenvalue weighted by Crippen LogP contribution is 2.52. The van der Waals surface area contributed by atoms with Gasteiger partial charge in [-0.25, -0.2) is 17.2 Å². The normalized spacial score (nSPS) is 23.3. The van der Waals surface area contributed by atoms with Crippen LogP contribution in [-0.2, 0) is 14.8 Å². The van der Waals surface area contributed by atoms with E-state index in [0.717, 1.165) is 12.1 Å². The lowest BCUT2D eigenvalue weighted by Gasteiger charge is -2.32. The van der Waals surface area contributed by atoms with Crippen LogP contribution < -0.4 is 5.32 Å². The number of benzene rings is 2. The fourth-order valence-corrected chi connectivity index (χ4v) is 6.20. The SMILES string of the molecule is CCCN(C(CC)C1=NC2C(C(=O)N1)C2c1ccc(F)cc1F)S(=O)(=O)c1ccccc1. The van der Waals surface area contributed by atoms with Crippen LogP contribution in [0.3, 0.4) is 0 Å². The molecule has 4 atom stereocenters. The van der Waals surface area contributed by atoms with E-state index in [4.69, 9.17) is 0 Å². The van der Waals surface area contributed by atoms with Gasteiger partial charge in [0, 0.05) is 18.5 Å². The van der Waals surface area contributed by atoms with E-state index in [9.17, 15) is 22.0 Å². The van der Waals surface area contributed by atoms with E-state index in [1.165, 1.54) is 22.5 Å². The Bertz CT molecular complexity index is 1150. The third-order valence-electron chi connectivity index (χ3n) is 5.99. The Labute approximate surface area is 186 Å². The molecule has 6 nitrogen and oxygen atoms in total. The summed E-state index contributed by atoms with van der Waals surface area (Å²) in [6, 6.07) is 10.3. The minimum absolute atomic E-state index is 0.171. The van der Waals surface area contributed by atoms with Crippen LogP contribution in [0.2, 0.25) is 0 Å². The van der Waals surface area contributed by atoms with E-state index in [0.29, 0.717) is 12.8 Å². The van der Waals surface area contributed by atoms with Crippen molar-refractivity contribution in [2.45, 2.75) is 49.6 Å². The summed E-state index contributed by atoms with van der Waals surface area (Å²) < 4.78 is 55.7. The van der Waals surface area contributed by atoms with Crippen molar-refractivity contribution >= 4 is 21.8 Å². The molecule has 0 radical (unpaired) electrons. The highest BCUT2D eigenvalue weighted by Gasteiger charge is 2.59. The number of carbonyl (C=O) groups excluding carboxylic acids is 1. The van der Waals surface area contributed by atoms with Crippen LogP contribution in [0, 0.1) is 17.6 Å². The standard InChI is InChI=1S/C23H25F2N3O3S/c1-3-12-28(32(30,31)15-8-6-5-7-9-15)18(4-2)22-26-21-19(20(21)23(29)27-22)16-11-10-14(24)13-17(16)25/h5-11,13,18-21H,3-4,12H2,1-2H3,(H,26,27,29). The van der Waals surface area contributed by atoms with Crippen LogP contribution in [0.25, 0.3) is 0 Å². The van der Waals surface area contributed by atoms with Gasteiger partial charge in [0.2, 0.25) is 15.9 Å². The zero-order chi connectivity index (χ0) is 23.0. The molecule has 1 amide bonds. The van der Waals surface area contributed by atoms with E-state index >= 15 is 0 Å². The fourth-order valence-electron chi connectivity index (χ4n) is 4.42. The molecule has 0 saturated heterocycles. The minimum atomic E-state index is -3.82. The molecule has 1 fully saturated rings. The Morgan fingerprint density at radius 3 is 2.44 bits per heavy atom. The summed E-state index contributed by atoms with van der Waals surface area (Å²) in [6.45, 7) is 3.97. The minimum Gasteiger partial charge on any atom is -0.313 e. The Balaban J connectivity index is 1.67. The van der Waals surface area contributed by atoms with Gasteiger partial charge >= 0.3 is 0 Å². The molecule has 2 aromatic rings. The van der Waals surface area contributed by atoms with E-state index < -0.39 is 45.6 Å². The molecule has 9 heteroatoms. The zero-order valence-corrected chi connectivity index (χ0v) is 18.6. The lowest BCUT2D eigenvalue weighted by molar-refractivity contribution is -0.121. The molecule has 1 aliphatic heterocycles. The molecule has 0 spiro atoms. The van der Waals surface area contributed by atoms with Crippen molar-refractivity contribution in [2.24, 2.45) is 10.9 Å². The number of nitrogens with zero attached hydrogens (tertiary/aromatic N) is 2. The van der Waals surface area contributed by atoms with Crippen LogP contribution in [-0.4, -0.2) is 43.1 Å². The molecule has 2 aliphatic rings. The van der Waals surface area contributed by atoms with Crippen molar-refractivity contribution in [3.05, 3.63) is 65.7 Å². The van der Waals surface area contributed by atoms with Gasteiger partial charge in [0.25, 0.3) is 0 Å². The number of sulfonamides is 1. The summed E-state index contributed by atoms with van der Waals surface area (Å²) in [5.74, 6) is -2.47. The first kappa shape index (κ1) is 22.5. The number of nitrogens with one attached hydrogen (secondary N) is 1. The van der Waals surface area contributed by atoms with Crippen molar-refractivity contribution in [1.82, 2.24) is 9.62 Å². The second-order valence-corrected chi connectivity index (χ2v) is 9.95. The van der Waals surface area contributed by atoms with Crippen molar-refractivity contribution < 1.29 is 22.0 Å². The van der Waals surface area contributed by atoms with Gasteiger partial charge < -0.3 is 5.32 Å². The lowest BCUT2D eigenvalue weighted by Crippen LogP contribution is -2.52. The predicted octanol–water partition coefficient (Wildman–Crippen LogP) is 3.45. The van der Waals surface area contributed by atoms with Gasteiger partial charge in [-0.1, -0.05) is 38.1 Å².